The summed E-state index contributed by atoms with van der Waals surface area (Å²) in [4.78, 5) is 0. The van der Waals surface area contributed by atoms with E-state index in [4.69, 9.17) is 10.5 Å². The molecule has 1 saturated heterocycles. The number of para-hydroxylation sites is 1. The number of ether oxygens (including phenoxy) is 1. The van der Waals surface area contributed by atoms with Crippen LogP contribution in [0.25, 0.3) is 0 Å². The lowest BCUT2D eigenvalue weighted by molar-refractivity contribution is 0.323. The van der Waals surface area contributed by atoms with Crippen LogP contribution in [-0.4, -0.2) is 24.7 Å². The van der Waals surface area contributed by atoms with E-state index in [9.17, 15) is 0 Å². The second-order valence-electron chi connectivity index (χ2n) is 3.74. The zero-order valence-electron chi connectivity index (χ0n) is 8.82. The Labute approximate surface area is 95.2 Å². The molecule has 2 rings (SSSR count). The SMILES string of the molecule is NCCOc1ccccc1C1CCSC1. The molecule has 1 fully saturated rings. The summed E-state index contributed by atoms with van der Waals surface area (Å²) in [6.45, 7) is 1.19. The van der Waals surface area contributed by atoms with Crippen molar-refractivity contribution >= 4 is 11.8 Å². The first-order valence-corrected chi connectivity index (χ1v) is 6.57. The Morgan fingerprint density at radius 1 is 1.40 bits per heavy atom. The molecule has 2 N–H and O–H groups in total. The predicted octanol–water partition coefficient (Wildman–Crippen LogP) is 2.24. The van der Waals surface area contributed by atoms with Crippen molar-refractivity contribution in [1.82, 2.24) is 0 Å². The second kappa shape index (κ2) is 5.42. The van der Waals surface area contributed by atoms with Crippen molar-refractivity contribution in [3.8, 4) is 5.75 Å². The van der Waals surface area contributed by atoms with Gasteiger partial charge in [0.05, 0.1) is 0 Å². The molecular weight excluding hydrogens is 206 g/mol. The zero-order chi connectivity index (χ0) is 10.5. The van der Waals surface area contributed by atoms with Gasteiger partial charge < -0.3 is 10.5 Å². The average Bonchev–Trinajstić information content (AvgIpc) is 2.80. The smallest absolute Gasteiger partial charge is 0.122 e. The number of hydrogen-bond donors (Lipinski definition) is 1. The topological polar surface area (TPSA) is 35.2 Å². The summed E-state index contributed by atoms with van der Waals surface area (Å²) in [7, 11) is 0. The maximum Gasteiger partial charge on any atom is 0.122 e. The number of rotatable bonds is 4. The van der Waals surface area contributed by atoms with E-state index in [0.717, 1.165) is 5.75 Å². The van der Waals surface area contributed by atoms with E-state index in [2.05, 4.69) is 12.1 Å². The molecule has 0 spiro atoms. The van der Waals surface area contributed by atoms with Gasteiger partial charge in [-0.1, -0.05) is 18.2 Å². The van der Waals surface area contributed by atoms with Crippen molar-refractivity contribution in [2.45, 2.75) is 12.3 Å². The molecule has 2 nitrogen and oxygen atoms in total. The van der Waals surface area contributed by atoms with Crippen LogP contribution in [0, 0.1) is 0 Å². The quantitative estimate of drug-likeness (QED) is 0.850. The Morgan fingerprint density at radius 3 is 3.00 bits per heavy atom. The monoisotopic (exact) mass is 223 g/mol. The molecule has 15 heavy (non-hydrogen) atoms. The Hall–Kier alpha value is -0.670. The van der Waals surface area contributed by atoms with Gasteiger partial charge in [-0.05, 0) is 29.7 Å². The van der Waals surface area contributed by atoms with E-state index >= 15 is 0 Å². The first-order chi connectivity index (χ1) is 7.42. The third-order valence-corrected chi connectivity index (χ3v) is 3.83. The van der Waals surface area contributed by atoms with Gasteiger partial charge in [0.15, 0.2) is 0 Å². The standard InChI is InChI=1S/C12H17NOS/c13-6-7-14-12-4-2-1-3-11(12)10-5-8-15-9-10/h1-4,10H,5-9,13H2. The van der Waals surface area contributed by atoms with Gasteiger partial charge in [0.1, 0.15) is 12.4 Å². The highest BCUT2D eigenvalue weighted by Gasteiger charge is 2.20. The molecule has 0 amide bonds. The van der Waals surface area contributed by atoms with Crippen LogP contribution in [0.15, 0.2) is 24.3 Å². The minimum atomic E-state index is 0.577. The molecule has 1 aliphatic rings. The fourth-order valence-electron chi connectivity index (χ4n) is 1.90. The Bertz CT molecular complexity index is 310. The Kier molecular flexibility index (Phi) is 3.92. The number of hydrogen-bond acceptors (Lipinski definition) is 3. The fourth-order valence-corrected chi connectivity index (χ4v) is 3.15. The van der Waals surface area contributed by atoms with Crippen molar-refractivity contribution in [2.75, 3.05) is 24.7 Å². The predicted molar refractivity (Wildman–Crippen MR) is 65.7 cm³/mol. The summed E-state index contributed by atoms with van der Waals surface area (Å²) in [5, 5.41) is 0. The summed E-state index contributed by atoms with van der Waals surface area (Å²) >= 11 is 2.03. The van der Waals surface area contributed by atoms with Crippen LogP contribution in [0.5, 0.6) is 5.75 Å². The van der Waals surface area contributed by atoms with E-state index in [1.54, 1.807) is 0 Å². The van der Waals surface area contributed by atoms with Gasteiger partial charge in [-0.25, -0.2) is 0 Å². The molecule has 3 heteroatoms. The largest absolute Gasteiger partial charge is 0.492 e. The van der Waals surface area contributed by atoms with Gasteiger partial charge in [-0.3, -0.25) is 0 Å². The summed E-state index contributed by atoms with van der Waals surface area (Å²) in [6, 6.07) is 8.35. The highest BCUT2D eigenvalue weighted by Crippen LogP contribution is 2.36. The first kappa shape index (κ1) is 10.8. The molecule has 0 aliphatic carbocycles. The van der Waals surface area contributed by atoms with E-state index < -0.39 is 0 Å². The number of nitrogens with two attached hydrogens (primary N) is 1. The van der Waals surface area contributed by atoms with Gasteiger partial charge in [0, 0.05) is 12.3 Å². The minimum absolute atomic E-state index is 0.577. The lowest BCUT2D eigenvalue weighted by Crippen LogP contribution is -2.12. The van der Waals surface area contributed by atoms with E-state index in [1.165, 1.54) is 23.5 Å². The number of benzene rings is 1. The van der Waals surface area contributed by atoms with Crippen molar-refractivity contribution in [3.63, 3.8) is 0 Å². The molecule has 0 radical (unpaired) electrons. The van der Waals surface area contributed by atoms with Gasteiger partial charge >= 0.3 is 0 Å². The first-order valence-electron chi connectivity index (χ1n) is 5.41. The lowest BCUT2D eigenvalue weighted by atomic mass is 9.98. The normalized spacial score (nSPS) is 20.5. The molecule has 0 aromatic heterocycles. The third-order valence-electron chi connectivity index (χ3n) is 2.66. The van der Waals surface area contributed by atoms with Gasteiger partial charge in [-0.2, -0.15) is 11.8 Å². The van der Waals surface area contributed by atoms with Gasteiger partial charge in [-0.15, -0.1) is 0 Å². The van der Waals surface area contributed by atoms with Crippen LogP contribution in [0.4, 0.5) is 0 Å². The highest BCUT2D eigenvalue weighted by atomic mass is 32.2. The van der Waals surface area contributed by atoms with E-state index in [-0.39, 0.29) is 0 Å². The van der Waals surface area contributed by atoms with Crippen LogP contribution >= 0.6 is 11.8 Å². The zero-order valence-corrected chi connectivity index (χ0v) is 9.63. The average molecular weight is 223 g/mol. The molecule has 82 valence electrons. The van der Waals surface area contributed by atoms with Crippen LogP contribution < -0.4 is 10.5 Å². The molecule has 0 bridgehead atoms. The van der Waals surface area contributed by atoms with Crippen LogP contribution in [0.1, 0.15) is 17.9 Å². The second-order valence-corrected chi connectivity index (χ2v) is 4.89. The third kappa shape index (κ3) is 2.67. The Morgan fingerprint density at radius 2 is 2.27 bits per heavy atom. The van der Waals surface area contributed by atoms with Crippen molar-refractivity contribution < 1.29 is 4.74 Å². The molecule has 1 aromatic rings. The van der Waals surface area contributed by atoms with Crippen molar-refractivity contribution in [2.24, 2.45) is 5.73 Å². The van der Waals surface area contributed by atoms with Gasteiger partial charge in [0.25, 0.3) is 0 Å². The maximum atomic E-state index is 5.66. The fraction of sp³-hybridized carbons (Fsp3) is 0.500. The molecule has 1 atom stereocenters. The number of thioether (sulfide) groups is 1. The lowest BCUT2D eigenvalue weighted by Gasteiger charge is -2.14. The maximum absolute atomic E-state index is 5.66. The van der Waals surface area contributed by atoms with E-state index in [1.807, 2.05) is 23.9 Å². The van der Waals surface area contributed by atoms with Gasteiger partial charge in [0.2, 0.25) is 0 Å². The summed E-state index contributed by atoms with van der Waals surface area (Å²) in [6.07, 6.45) is 1.27. The van der Waals surface area contributed by atoms with Crippen LogP contribution in [-0.2, 0) is 0 Å². The van der Waals surface area contributed by atoms with Crippen LogP contribution in [0.2, 0.25) is 0 Å². The molecule has 0 saturated carbocycles. The van der Waals surface area contributed by atoms with Crippen LogP contribution in [0.3, 0.4) is 0 Å². The minimum Gasteiger partial charge on any atom is -0.492 e. The Balaban J connectivity index is 2.13. The van der Waals surface area contributed by atoms with Crippen molar-refractivity contribution in [1.29, 1.82) is 0 Å². The molecular formula is C12H17NOS. The molecule has 1 unspecified atom stereocenters. The van der Waals surface area contributed by atoms with Crippen molar-refractivity contribution in [3.05, 3.63) is 29.8 Å². The molecule has 1 aromatic carbocycles. The summed E-state index contributed by atoms with van der Waals surface area (Å²) < 4.78 is 5.66. The summed E-state index contributed by atoms with van der Waals surface area (Å²) in [5.41, 5.74) is 6.81. The highest BCUT2D eigenvalue weighted by molar-refractivity contribution is 7.99. The molecule has 1 aliphatic heterocycles. The summed E-state index contributed by atoms with van der Waals surface area (Å²) in [5.74, 6) is 4.19. The molecule has 1 heterocycles. The van der Waals surface area contributed by atoms with E-state index in [0.29, 0.717) is 19.1 Å².